The Morgan fingerprint density at radius 2 is 2.07 bits per heavy atom. The highest BCUT2D eigenvalue weighted by Crippen LogP contribution is 2.26. The van der Waals surface area contributed by atoms with E-state index in [2.05, 4.69) is 15.9 Å². The normalized spacial score (nSPS) is 10.3. The average Bonchev–Trinajstić information content (AvgIpc) is 2.70. The van der Waals surface area contributed by atoms with Crippen LogP contribution in [0.4, 0.5) is 0 Å². The second-order valence-corrected chi connectivity index (χ2v) is 4.14. The lowest BCUT2D eigenvalue weighted by atomic mass is 10.1. The maximum atomic E-state index is 10.5. The van der Waals surface area contributed by atoms with Crippen LogP contribution in [0.3, 0.4) is 0 Å². The van der Waals surface area contributed by atoms with Gasteiger partial charge in [-0.15, -0.1) is 0 Å². The molecule has 0 radical (unpaired) electrons. The van der Waals surface area contributed by atoms with Crippen LogP contribution in [0.5, 0.6) is 0 Å². The summed E-state index contributed by atoms with van der Waals surface area (Å²) >= 11 is 3.43. The highest BCUT2D eigenvalue weighted by atomic mass is 79.9. The van der Waals surface area contributed by atoms with Crippen molar-refractivity contribution in [2.24, 2.45) is 0 Å². The van der Waals surface area contributed by atoms with E-state index in [9.17, 15) is 4.79 Å². The van der Waals surface area contributed by atoms with Crippen LogP contribution in [0.2, 0.25) is 0 Å². The van der Waals surface area contributed by atoms with Gasteiger partial charge in [-0.3, -0.25) is 4.79 Å². The van der Waals surface area contributed by atoms with E-state index in [1.165, 1.54) is 0 Å². The molecule has 76 valence electrons. The molecule has 1 aromatic carbocycles. The van der Waals surface area contributed by atoms with E-state index in [-0.39, 0.29) is 0 Å². The molecule has 0 amide bonds. The molecule has 3 heteroatoms. The van der Waals surface area contributed by atoms with Crippen molar-refractivity contribution in [1.29, 1.82) is 0 Å². The average molecular weight is 265 g/mol. The van der Waals surface area contributed by atoms with Gasteiger partial charge in [-0.05, 0) is 36.8 Å². The van der Waals surface area contributed by atoms with E-state index in [0.29, 0.717) is 17.8 Å². The van der Waals surface area contributed by atoms with Crippen LogP contribution in [0.1, 0.15) is 16.1 Å². The number of carbonyl (C=O) groups excluding carboxylic acids is 1. The monoisotopic (exact) mass is 264 g/mol. The van der Waals surface area contributed by atoms with Gasteiger partial charge in [0.15, 0.2) is 12.0 Å². The third kappa shape index (κ3) is 2.02. The van der Waals surface area contributed by atoms with Crippen LogP contribution < -0.4 is 0 Å². The van der Waals surface area contributed by atoms with Gasteiger partial charge in [0.25, 0.3) is 0 Å². The fraction of sp³-hybridized carbons (Fsp3) is 0.0833. The quantitative estimate of drug-likeness (QED) is 0.772. The first-order valence-electron chi connectivity index (χ1n) is 4.52. The summed E-state index contributed by atoms with van der Waals surface area (Å²) in [5, 5.41) is 0. The third-order valence-electron chi connectivity index (χ3n) is 2.19. The molecule has 0 saturated heterocycles. The van der Waals surface area contributed by atoms with E-state index < -0.39 is 0 Å². The molecule has 0 aliphatic carbocycles. The smallest absolute Gasteiger partial charge is 0.185 e. The van der Waals surface area contributed by atoms with Crippen molar-refractivity contribution in [3.63, 3.8) is 0 Å². The molecule has 0 unspecified atom stereocenters. The highest BCUT2D eigenvalue weighted by Gasteiger charge is 2.05. The maximum Gasteiger partial charge on any atom is 0.185 e. The van der Waals surface area contributed by atoms with Crippen LogP contribution in [-0.4, -0.2) is 6.29 Å². The predicted octanol–water partition coefficient (Wildman–Crippen LogP) is 3.83. The molecule has 0 atom stereocenters. The van der Waals surface area contributed by atoms with Crippen LogP contribution in [0.15, 0.2) is 39.2 Å². The second-order valence-electron chi connectivity index (χ2n) is 3.28. The molecule has 0 fully saturated rings. The van der Waals surface area contributed by atoms with Crippen molar-refractivity contribution < 1.29 is 9.21 Å². The SMILES string of the molecule is Cc1cc(-c2ccc(C=O)o2)ccc1Br. The van der Waals surface area contributed by atoms with Gasteiger partial charge >= 0.3 is 0 Å². The van der Waals surface area contributed by atoms with E-state index in [4.69, 9.17) is 4.42 Å². The van der Waals surface area contributed by atoms with Crippen molar-refractivity contribution in [1.82, 2.24) is 0 Å². The van der Waals surface area contributed by atoms with E-state index >= 15 is 0 Å². The van der Waals surface area contributed by atoms with E-state index in [0.717, 1.165) is 15.6 Å². The first kappa shape index (κ1) is 10.2. The molecule has 0 N–H and O–H groups in total. The van der Waals surface area contributed by atoms with Gasteiger partial charge in [0.05, 0.1) is 0 Å². The van der Waals surface area contributed by atoms with E-state index in [1.807, 2.05) is 25.1 Å². The molecule has 15 heavy (non-hydrogen) atoms. The molecule has 1 aromatic heterocycles. The molecule has 2 rings (SSSR count). The van der Waals surface area contributed by atoms with Gasteiger partial charge in [0.2, 0.25) is 0 Å². The van der Waals surface area contributed by atoms with Crippen molar-refractivity contribution >= 4 is 22.2 Å². The van der Waals surface area contributed by atoms with Gasteiger partial charge < -0.3 is 4.42 Å². The summed E-state index contributed by atoms with van der Waals surface area (Å²) in [4.78, 5) is 10.5. The van der Waals surface area contributed by atoms with Gasteiger partial charge in [-0.1, -0.05) is 22.0 Å². The number of hydrogen-bond acceptors (Lipinski definition) is 2. The minimum absolute atomic E-state index is 0.352. The lowest BCUT2D eigenvalue weighted by molar-refractivity contribution is 0.110. The fourth-order valence-electron chi connectivity index (χ4n) is 1.37. The summed E-state index contributed by atoms with van der Waals surface area (Å²) in [5.74, 6) is 1.07. The van der Waals surface area contributed by atoms with Crippen LogP contribution in [0, 0.1) is 6.92 Å². The Hall–Kier alpha value is -1.35. The third-order valence-corrected chi connectivity index (χ3v) is 3.08. The lowest BCUT2D eigenvalue weighted by Gasteiger charge is -2.00. The number of carbonyl (C=O) groups is 1. The molecular formula is C12H9BrO2. The molecule has 0 bridgehead atoms. The first-order valence-corrected chi connectivity index (χ1v) is 5.31. The Balaban J connectivity index is 2.44. The molecular weight excluding hydrogens is 256 g/mol. The highest BCUT2D eigenvalue weighted by molar-refractivity contribution is 9.10. The lowest BCUT2D eigenvalue weighted by Crippen LogP contribution is -1.78. The molecule has 1 heterocycles. The summed E-state index contributed by atoms with van der Waals surface area (Å²) in [6.07, 6.45) is 0.704. The van der Waals surface area contributed by atoms with Crippen molar-refractivity contribution in [3.05, 3.63) is 46.1 Å². The van der Waals surface area contributed by atoms with Crippen molar-refractivity contribution in [3.8, 4) is 11.3 Å². The Morgan fingerprint density at radius 3 is 2.67 bits per heavy atom. The molecule has 0 saturated carbocycles. The zero-order valence-electron chi connectivity index (χ0n) is 8.16. The Bertz CT molecular complexity index is 500. The summed E-state index contributed by atoms with van der Waals surface area (Å²) in [6.45, 7) is 2.01. The minimum Gasteiger partial charge on any atom is -0.453 e. The molecule has 2 nitrogen and oxygen atoms in total. The van der Waals surface area contributed by atoms with Crippen LogP contribution in [0.25, 0.3) is 11.3 Å². The number of benzene rings is 1. The molecule has 0 aliphatic heterocycles. The fourth-order valence-corrected chi connectivity index (χ4v) is 1.62. The molecule has 2 aromatic rings. The van der Waals surface area contributed by atoms with Gasteiger partial charge in [-0.25, -0.2) is 0 Å². The standard InChI is InChI=1S/C12H9BrO2/c1-8-6-9(2-4-11(8)13)12-5-3-10(7-14)15-12/h2-7H,1H3. The minimum atomic E-state index is 0.352. The van der Waals surface area contributed by atoms with Gasteiger partial charge in [-0.2, -0.15) is 0 Å². The summed E-state index contributed by atoms with van der Waals surface area (Å²) in [7, 11) is 0. The molecule has 0 aliphatic rings. The Labute approximate surface area is 96.0 Å². The summed E-state index contributed by atoms with van der Waals surface area (Å²) < 4.78 is 6.39. The van der Waals surface area contributed by atoms with Crippen molar-refractivity contribution in [2.75, 3.05) is 0 Å². The number of aldehydes is 1. The number of aryl methyl sites for hydroxylation is 1. The van der Waals surface area contributed by atoms with E-state index in [1.54, 1.807) is 12.1 Å². The van der Waals surface area contributed by atoms with Crippen molar-refractivity contribution in [2.45, 2.75) is 6.92 Å². The van der Waals surface area contributed by atoms with Crippen LogP contribution in [-0.2, 0) is 0 Å². The molecule has 0 spiro atoms. The first-order chi connectivity index (χ1) is 7.20. The van der Waals surface area contributed by atoms with Gasteiger partial charge in [0.1, 0.15) is 5.76 Å². The number of furan rings is 1. The zero-order chi connectivity index (χ0) is 10.8. The number of halogens is 1. The topological polar surface area (TPSA) is 30.2 Å². The number of hydrogen-bond donors (Lipinski definition) is 0. The Morgan fingerprint density at radius 1 is 1.27 bits per heavy atom. The number of rotatable bonds is 2. The largest absolute Gasteiger partial charge is 0.453 e. The maximum absolute atomic E-state index is 10.5. The zero-order valence-corrected chi connectivity index (χ0v) is 9.74. The summed E-state index contributed by atoms with van der Waals surface area (Å²) in [6, 6.07) is 9.39. The van der Waals surface area contributed by atoms with Gasteiger partial charge in [0, 0.05) is 10.0 Å². The second kappa shape index (κ2) is 4.03. The summed E-state index contributed by atoms with van der Waals surface area (Å²) in [5.41, 5.74) is 2.11. The van der Waals surface area contributed by atoms with Crippen LogP contribution >= 0.6 is 15.9 Å². The Kier molecular flexibility index (Phi) is 2.73. The predicted molar refractivity (Wildman–Crippen MR) is 62.0 cm³/mol.